The molecule has 3 aromatic carbocycles. The van der Waals surface area contributed by atoms with Crippen LogP contribution in [0.25, 0.3) is 22.2 Å². The summed E-state index contributed by atoms with van der Waals surface area (Å²) in [7, 11) is 1.79. The van der Waals surface area contributed by atoms with Crippen LogP contribution in [0.3, 0.4) is 0 Å². The second kappa shape index (κ2) is 9.84. The van der Waals surface area contributed by atoms with E-state index < -0.39 is 0 Å². The Balaban J connectivity index is 0.000000269. The van der Waals surface area contributed by atoms with Crippen molar-refractivity contribution in [1.29, 1.82) is 0 Å². The number of hydrogen-bond acceptors (Lipinski definition) is 1. The molecule has 0 atom stereocenters. The molecule has 0 bridgehead atoms. The van der Waals surface area contributed by atoms with Crippen molar-refractivity contribution < 1.29 is 4.39 Å². The topological polar surface area (TPSA) is 17.3 Å². The monoisotopic (exact) mass is 398 g/mol. The van der Waals surface area contributed by atoms with Gasteiger partial charge in [-0.1, -0.05) is 47.5 Å². The fraction of sp³-hybridized carbons (Fsp3) is 0.148. The zero-order chi connectivity index (χ0) is 21.5. The number of allylic oxidation sites excluding steroid dienone is 2. The van der Waals surface area contributed by atoms with Crippen LogP contribution in [-0.4, -0.2) is 17.8 Å². The largest absolute Gasteiger partial charge is 0.317 e. The minimum absolute atomic E-state index is 0.171. The molecule has 30 heavy (non-hydrogen) atoms. The molecule has 0 fully saturated rings. The van der Waals surface area contributed by atoms with Gasteiger partial charge in [0.05, 0.1) is 5.52 Å². The van der Waals surface area contributed by atoms with Crippen LogP contribution in [0.15, 0.2) is 90.1 Å². The minimum atomic E-state index is -0.171. The molecule has 4 rings (SSSR count). The summed E-state index contributed by atoms with van der Waals surface area (Å²) in [5.74, 6) is -0.171. The molecule has 4 aromatic rings. The maximum absolute atomic E-state index is 12.1. The van der Waals surface area contributed by atoms with Crippen LogP contribution >= 0.6 is 0 Å². The van der Waals surface area contributed by atoms with Crippen LogP contribution in [0.2, 0.25) is 0 Å². The van der Waals surface area contributed by atoms with Gasteiger partial charge in [-0.3, -0.25) is 4.99 Å². The third kappa shape index (κ3) is 5.32. The van der Waals surface area contributed by atoms with Crippen LogP contribution in [0.4, 0.5) is 4.39 Å². The maximum Gasteiger partial charge on any atom is 0.123 e. The van der Waals surface area contributed by atoms with Gasteiger partial charge in [0.1, 0.15) is 5.82 Å². The number of halogens is 1. The van der Waals surface area contributed by atoms with Gasteiger partial charge < -0.3 is 4.57 Å². The highest BCUT2D eigenvalue weighted by molar-refractivity contribution is 5.89. The van der Waals surface area contributed by atoms with Gasteiger partial charge in [0.15, 0.2) is 0 Å². The van der Waals surface area contributed by atoms with E-state index >= 15 is 0 Å². The Morgan fingerprint density at radius 1 is 0.867 bits per heavy atom. The highest BCUT2D eigenvalue weighted by Crippen LogP contribution is 2.25. The molecular formula is C27H27FN2. The van der Waals surface area contributed by atoms with Gasteiger partial charge in [-0.05, 0) is 79.8 Å². The van der Waals surface area contributed by atoms with Crippen molar-refractivity contribution >= 4 is 22.7 Å². The van der Waals surface area contributed by atoms with Crippen molar-refractivity contribution in [2.24, 2.45) is 4.99 Å². The molecule has 3 heteroatoms. The quantitative estimate of drug-likeness (QED) is 0.325. The molecule has 0 saturated heterocycles. The molecular weight excluding hydrogens is 371 g/mol. The van der Waals surface area contributed by atoms with Crippen LogP contribution in [0.1, 0.15) is 23.6 Å². The molecule has 152 valence electrons. The molecule has 0 aliphatic rings. The highest BCUT2D eigenvalue weighted by Gasteiger charge is 2.05. The summed E-state index contributed by atoms with van der Waals surface area (Å²) in [4.78, 5) is 4.02. The number of aromatic nitrogens is 1. The first-order valence-corrected chi connectivity index (χ1v) is 9.97. The van der Waals surface area contributed by atoms with Crippen molar-refractivity contribution in [3.63, 3.8) is 0 Å². The normalized spacial score (nSPS) is 11.6. The van der Waals surface area contributed by atoms with Crippen molar-refractivity contribution in [3.8, 4) is 5.69 Å². The van der Waals surface area contributed by atoms with E-state index in [1.54, 1.807) is 19.2 Å². The summed E-state index contributed by atoms with van der Waals surface area (Å²) in [6.45, 7) is 6.15. The van der Waals surface area contributed by atoms with Gasteiger partial charge in [-0.2, -0.15) is 0 Å². The van der Waals surface area contributed by atoms with Crippen molar-refractivity contribution in [1.82, 2.24) is 4.57 Å². The molecule has 0 spiro atoms. The molecule has 0 unspecified atom stereocenters. The maximum atomic E-state index is 12.1. The standard InChI is InChI=1S/C20H20N2.C7H7F/c1-15-4-8-19(9-5-15)22-13-11-17-6-7-18(14-20(17)22)16(2)10-12-21-3;1-6-2-4-7(8)5-3-6/h4-14H,1-3H3;2-5H,1H3/b16-10+,21-12?;. The zero-order valence-corrected chi connectivity index (χ0v) is 17.9. The van der Waals surface area contributed by atoms with Crippen molar-refractivity contribution in [2.45, 2.75) is 20.8 Å². The summed E-state index contributed by atoms with van der Waals surface area (Å²) in [6, 6.07) is 23.8. The van der Waals surface area contributed by atoms with Crippen LogP contribution in [0.5, 0.6) is 0 Å². The molecule has 1 aromatic heterocycles. The van der Waals surface area contributed by atoms with Gasteiger partial charge in [0.2, 0.25) is 0 Å². The molecule has 0 amide bonds. The average Bonchev–Trinajstić information content (AvgIpc) is 3.18. The third-order valence-corrected chi connectivity index (χ3v) is 4.95. The predicted molar refractivity (Wildman–Crippen MR) is 127 cm³/mol. The van der Waals surface area contributed by atoms with Crippen LogP contribution in [-0.2, 0) is 0 Å². The molecule has 0 saturated carbocycles. The number of aliphatic imine (C=N–C) groups is 1. The van der Waals surface area contributed by atoms with E-state index in [0.29, 0.717) is 0 Å². The number of fused-ring (bicyclic) bond motifs is 1. The van der Waals surface area contributed by atoms with Crippen molar-refractivity contribution in [2.75, 3.05) is 7.05 Å². The summed E-state index contributed by atoms with van der Waals surface area (Å²) in [5, 5.41) is 1.25. The Morgan fingerprint density at radius 2 is 1.50 bits per heavy atom. The van der Waals surface area contributed by atoms with E-state index in [9.17, 15) is 4.39 Å². The first-order valence-electron chi connectivity index (χ1n) is 9.97. The first-order chi connectivity index (χ1) is 14.5. The Morgan fingerprint density at radius 3 is 2.10 bits per heavy atom. The fourth-order valence-corrected chi connectivity index (χ4v) is 3.12. The van der Waals surface area contributed by atoms with Crippen LogP contribution < -0.4 is 0 Å². The molecule has 0 N–H and O–H groups in total. The number of benzene rings is 3. The predicted octanol–water partition coefficient (Wildman–Crippen LogP) is 7.18. The van der Waals surface area contributed by atoms with E-state index in [2.05, 4.69) is 78.1 Å². The Kier molecular flexibility index (Phi) is 6.97. The molecule has 1 heterocycles. The minimum Gasteiger partial charge on any atom is -0.317 e. The molecule has 2 nitrogen and oxygen atoms in total. The second-order valence-corrected chi connectivity index (χ2v) is 7.35. The summed E-state index contributed by atoms with van der Waals surface area (Å²) in [5.41, 5.74) is 7.21. The summed E-state index contributed by atoms with van der Waals surface area (Å²) < 4.78 is 14.3. The van der Waals surface area contributed by atoms with Gasteiger partial charge >= 0.3 is 0 Å². The van der Waals surface area contributed by atoms with Crippen LogP contribution in [0, 0.1) is 19.7 Å². The van der Waals surface area contributed by atoms with E-state index in [1.807, 2.05) is 19.2 Å². The third-order valence-electron chi connectivity index (χ3n) is 4.95. The van der Waals surface area contributed by atoms with E-state index in [1.165, 1.54) is 45.4 Å². The van der Waals surface area contributed by atoms with Gasteiger partial charge in [-0.15, -0.1) is 0 Å². The Hall–Kier alpha value is -3.46. The number of aryl methyl sites for hydroxylation is 2. The molecule has 0 aliphatic heterocycles. The van der Waals surface area contributed by atoms with Gasteiger partial charge in [-0.25, -0.2) is 4.39 Å². The Bertz CT molecular complexity index is 1140. The Labute approximate surface area is 178 Å². The number of rotatable bonds is 3. The number of nitrogens with zero attached hydrogens (tertiary/aromatic N) is 2. The highest BCUT2D eigenvalue weighted by atomic mass is 19.1. The fourth-order valence-electron chi connectivity index (χ4n) is 3.12. The second-order valence-electron chi connectivity index (χ2n) is 7.35. The lowest BCUT2D eigenvalue weighted by atomic mass is 10.1. The SMILES string of the molecule is CN=C/C=C(\C)c1ccc2ccn(-c3ccc(C)cc3)c2c1.Cc1ccc(F)cc1. The summed E-state index contributed by atoms with van der Waals surface area (Å²) in [6.07, 6.45) is 6.00. The van der Waals surface area contributed by atoms with E-state index in [-0.39, 0.29) is 5.82 Å². The first kappa shape index (κ1) is 21.3. The average molecular weight is 399 g/mol. The molecule has 0 radical (unpaired) electrons. The summed E-state index contributed by atoms with van der Waals surface area (Å²) >= 11 is 0. The molecule has 0 aliphatic carbocycles. The van der Waals surface area contributed by atoms with E-state index in [0.717, 1.165) is 5.56 Å². The smallest absolute Gasteiger partial charge is 0.123 e. The van der Waals surface area contributed by atoms with Gasteiger partial charge in [0, 0.05) is 25.1 Å². The number of hydrogen-bond donors (Lipinski definition) is 0. The lowest BCUT2D eigenvalue weighted by Crippen LogP contribution is -1.92. The van der Waals surface area contributed by atoms with Crippen molar-refractivity contribution in [3.05, 3.63) is 108 Å². The lowest BCUT2D eigenvalue weighted by Gasteiger charge is -2.08. The van der Waals surface area contributed by atoms with Gasteiger partial charge in [0.25, 0.3) is 0 Å². The lowest BCUT2D eigenvalue weighted by molar-refractivity contribution is 0.627. The van der Waals surface area contributed by atoms with E-state index in [4.69, 9.17) is 0 Å². The zero-order valence-electron chi connectivity index (χ0n) is 17.9.